The summed E-state index contributed by atoms with van der Waals surface area (Å²) < 4.78 is 20.3. The zero-order chi connectivity index (χ0) is 17.2. The van der Waals surface area contributed by atoms with Gasteiger partial charge in [0.2, 0.25) is 0 Å². The van der Waals surface area contributed by atoms with Crippen molar-refractivity contribution in [1.82, 2.24) is 4.98 Å². The van der Waals surface area contributed by atoms with Crippen LogP contribution in [-0.2, 0) is 6.42 Å². The van der Waals surface area contributed by atoms with Crippen LogP contribution in [-0.4, -0.2) is 24.7 Å². The highest BCUT2D eigenvalue weighted by molar-refractivity contribution is 5.72. The lowest BCUT2D eigenvalue weighted by molar-refractivity contribution is 0.240. The van der Waals surface area contributed by atoms with E-state index in [4.69, 9.17) is 4.74 Å². The first-order valence-corrected chi connectivity index (χ1v) is 8.36. The molecule has 1 aliphatic heterocycles. The molecule has 0 N–H and O–H groups in total. The van der Waals surface area contributed by atoms with Gasteiger partial charge in [-0.05, 0) is 30.3 Å². The van der Waals surface area contributed by atoms with E-state index in [-0.39, 0.29) is 11.9 Å². The van der Waals surface area contributed by atoms with E-state index < -0.39 is 0 Å². The second kappa shape index (κ2) is 6.55. The predicted molar refractivity (Wildman–Crippen MR) is 97.5 cm³/mol. The molecule has 0 fully saturated rings. The van der Waals surface area contributed by atoms with E-state index in [0.29, 0.717) is 6.42 Å². The van der Waals surface area contributed by atoms with E-state index in [9.17, 15) is 4.39 Å². The molecule has 25 heavy (non-hydrogen) atoms. The molecule has 0 bridgehead atoms. The van der Waals surface area contributed by atoms with Gasteiger partial charge in [-0.15, -0.1) is 0 Å². The van der Waals surface area contributed by atoms with Crippen molar-refractivity contribution in [2.24, 2.45) is 0 Å². The minimum absolute atomic E-state index is 0.00238. The number of fused-ring (bicyclic) bond motifs is 1. The highest BCUT2D eigenvalue weighted by Crippen LogP contribution is 2.39. The van der Waals surface area contributed by atoms with Gasteiger partial charge in [0.15, 0.2) is 0 Å². The molecule has 2 heterocycles. The van der Waals surface area contributed by atoms with Crippen LogP contribution in [0.5, 0.6) is 5.75 Å². The lowest BCUT2D eigenvalue weighted by Crippen LogP contribution is -2.31. The summed E-state index contributed by atoms with van der Waals surface area (Å²) in [5.41, 5.74) is 3.70. The Labute approximate surface area is 146 Å². The molecule has 0 amide bonds. The molecule has 3 nitrogen and oxygen atoms in total. The Morgan fingerprint density at radius 3 is 2.76 bits per heavy atom. The van der Waals surface area contributed by atoms with Crippen LogP contribution in [0.15, 0.2) is 67.0 Å². The third-order valence-electron chi connectivity index (χ3n) is 4.51. The van der Waals surface area contributed by atoms with Crippen molar-refractivity contribution in [2.45, 2.75) is 12.5 Å². The van der Waals surface area contributed by atoms with Gasteiger partial charge in [0.05, 0.1) is 6.54 Å². The number of hydrogen-bond donors (Lipinski definition) is 0. The van der Waals surface area contributed by atoms with Gasteiger partial charge in [0, 0.05) is 48.2 Å². The Kier molecular flexibility index (Phi) is 4.10. The van der Waals surface area contributed by atoms with Crippen molar-refractivity contribution in [3.8, 4) is 16.9 Å². The minimum Gasteiger partial charge on any atom is -0.487 e. The number of para-hydroxylation sites is 1. The molecule has 4 rings (SSSR count). The highest BCUT2D eigenvalue weighted by atomic mass is 19.1. The van der Waals surface area contributed by atoms with Crippen molar-refractivity contribution >= 4 is 5.69 Å². The molecule has 0 spiro atoms. The molecule has 1 aromatic heterocycles. The molecular formula is C21H19FN2O. The first kappa shape index (κ1) is 15.6. The molecule has 3 aromatic rings. The Bertz CT molecular complexity index is 868. The molecule has 1 atom stereocenters. The number of likely N-dealkylation sites (N-methyl/N-ethyl adjacent to an activating group) is 1. The molecule has 0 radical (unpaired) electrons. The molecule has 0 saturated carbocycles. The molecule has 1 aliphatic rings. The zero-order valence-corrected chi connectivity index (χ0v) is 14.0. The van der Waals surface area contributed by atoms with Crippen molar-refractivity contribution in [3.63, 3.8) is 0 Å². The Morgan fingerprint density at radius 2 is 2.00 bits per heavy atom. The minimum atomic E-state index is -0.238. The maximum Gasteiger partial charge on any atom is 0.131 e. The van der Waals surface area contributed by atoms with Crippen molar-refractivity contribution in [2.75, 3.05) is 18.5 Å². The molecular weight excluding hydrogens is 315 g/mol. The van der Waals surface area contributed by atoms with Gasteiger partial charge in [-0.1, -0.05) is 24.3 Å². The summed E-state index contributed by atoms with van der Waals surface area (Å²) in [5, 5.41) is 0. The quantitative estimate of drug-likeness (QED) is 0.710. The van der Waals surface area contributed by atoms with Gasteiger partial charge in [-0.2, -0.15) is 0 Å². The van der Waals surface area contributed by atoms with Crippen LogP contribution in [0.2, 0.25) is 0 Å². The third kappa shape index (κ3) is 3.20. The van der Waals surface area contributed by atoms with Gasteiger partial charge < -0.3 is 9.64 Å². The molecule has 1 unspecified atom stereocenters. The second-order valence-corrected chi connectivity index (χ2v) is 6.34. The number of ether oxygens (including phenoxy) is 1. The van der Waals surface area contributed by atoms with Gasteiger partial charge in [-0.25, -0.2) is 4.39 Å². The van der Waals surface area contributed by atoms with Gasteiger partial charge in [-0.3, -0.25) is 4.98 Å². The van der Waals surface area contributed by atoms with E-state index in [0.717, 1.165) is 34.7 Å². The summed E-state index contributed by atoms with van der Waals surface area (Å²) in [4.78, 5) is 6.30. The fourth-order valence-electron chi connectivity index (χ4n) is 3.33. The smallest absolute Gasteiger partial charge is 0.131 e. The van der Waals surface area contributed by atoms with E-state index in [1.165, 1.54) is 6.07 Å². The topological polar surface area (TPSA) is 25.4 Å². The van der Waals surface area contributed by atoms with Crippen LogP contribution < -0.4 is 9.64 Å². The second-order valence-electron chi connectivity index (χ2n) is 6.34. The van der Waals surface area contributed by atoms with Crippen LogP contribution in [0.1, 0.15) is 5.56 Å². The molecule has 126 valence electrons. The summed E-state index contributed by atoms with van der Waals surface area (Å²) in [6.45, 7) is 0.743. The maximum atomic E-state index is 14.1. The van der Waals surface area contributed by atoms with Crippen molar-refractivity contribution in [1.29, 1.82) is 0 Å². The summed E-state index contributed by atoms with van der Waals surface area (Å²) in [6.07, 6.45) is 4.15. The van der Waals surface area contributed by atoms with Gasteiger partial charge in [0.25, 0.3) is 0 Å². The van der Waals surface area contributed by atoms with Crippen LogP contribution in [0.4, 0.5) is 10.1 Å². The lowest BCUT2D eigenvalue weighted by atomic mass is 10.0. The van der Waals surface area contributed by atoms with E-state index in [2.05, 4.69) is 22.0 Å². The highest BCUT2D eigenvalue weighted by Gasteiger charge is 2.28. The first-order chi connectivity index (χ1) is 12.2. The van der Waals surface area contributed by atoms with Gasteiger partial charge >= 0.3 is 0 Å². The molecule has 0 aliphatic carbocycles. The largest absolute Gasteiger partial charge is 0.487 e. The van der Waals surface area contributed by atoms with Crippen molar-refractivity contribution < 1.29 is 9.13 Å². The average Bonchev–Trinajstić information content (AvgIpc) is 3.04. The summed E-state index contributed by atoms with van der Waals surface area (Å²) >= 11 is 0. The monoisotopic (exact) mass is 334 g/mol. The first-order valence-electron chi connectivity index (χ1n) is 8.36. The standard InChI is InChI=1S/C21H19FN2O/c1-24(18-7-3-2-4-8-18)14-19-11-16-10-17(22)12-20(21(16)25-19)15-6-5-9-23-13-15/h2-10,12-13,19H,11,14H2,1H3. The number of anilines is 1. The molecule has 4 heteroatoms. The molecule has 2 aromatic carbocycles. The third-order valence-corrected chi connectivity index (χ3v) is 4.51. The lowest BCUT2D eigenvalue weighted by Gasteiger charge is -2.23. The molecule has 0 saturated heterocycles. The summed E-state index contributed by atoms with van der Waals surface area (Å²) in [6, 6.07) is 17.1. The summed E-state index contributed by atoms with van der Waals surface area (Å²) in [5.74, 6) is 0.541. The van der Waals surface area contributed by atoms with Crippen molar-refractivity contribution in [3.05, 3.63) is 78.4 Å². The maximum absolute atomic E-state index is 14.1. The number of pyridine rings is 1. The van der Waals surface area contributed by atoms with Crippen LogP contribution in [0.3, 0.4) is 0 Å². The number of nitrogens with zero attached hydrogens (tertiary/aromatic N) is 2. The Hall–Kier alpha value is -2.88. The van der Waals surface area contributed by atoms with E-state index in [1.807, 2.05) is 37.4 Å². The number of aromatic nitrogens is 1. The average molecular weight is 334 g/mol. The normalized spacial score (nSPS) is 15.5. The van der Waals surface area contributed by atoms with Gasteiger partial charge in [0.1, 0.15) is 17.7 Å². The number of hydrogen-bond acceptors (Lipinski definition) is 3. The summed E-state index contributed by atoms with van der Waals surface area (Å²) in [7, 11) is 2.05. The SMILES string of the molecule is CN(CC1Cc2cc(F)cc(-c3cccnc3)c2O1)c1ccccc1. The number of rotatable bonds is 4. The van der Waals surface area contributed by atoms with Crippen LogP contribution >= 0.6 is 0 Å². The van der Waals surface area contributed by atoms with Crippen LogP contribution in [0, 0.1) is 5.82 Å². The van der Waals surface area contributed by atoms with E-state index in [1.54, 1.807) is 18.5 Å². The Balaban J connectivity index is 1.58. The van der Waals surface area contributed by atoms with Crippen LogP contribution in [0.25, 0.3) is 11.1 Å². The predicted octanol–water partition coefficient (Wildman–Crippen LogP) is 4.33. The number of benzene rings is 2. The fourth-order valence-corrected chi connectivity index (χ4v) is 3.33. The number of halogens is 1. The fraction of sp³-hybridized carbons (Fsp3) is 0.190. The Morgan fingerprint density at radius 1 is 1.16 bits per heavy atom. The zero-order valence-electron chi connectivity index (χ0n) is 14.0. The van der Waals surface area contributed by atoms with E-state index >= 15 is 0 Å².